The van der Waals surface area contributed by atoms with Crippen LogP contribution in [0.1, 0.15) is 5.69 Å². The average molecular weight is 245 g/mol. The molecule has 17 heavy (non-hydrogen) atoms. The summed E-state index contributed by atoms with van der Waals surface area (Å²) in [7, 11) is 0. The number of aromatic amines is 1. The zero-order valence-corrected chi connectivity index (χ0v) is 9.86. The van der Waals surface area contributed by atoms with Crippen LogP contribution < -0.4 is 0 Å². The molecule has 0 spiro atoms. The summed E-state index contributed by atoms with van der Waals surface area (Å²) in [6, 6.07) is 5.65. The lowest BCUT2D eigenvalue weighted by atomic mass is 10.3. The second-order valence-electron chi connectivity index (χ2n) is 3.75. The molecule has 0 bridgehead atoms. The monoisotopic (exact) mass is 244 g/mol. The highest BCUT2D eigenvalue weighted by Gasteiger charge is 2.08. The summed E-state index contributed by atoms with van der Waals surface area (Å²) in [5.41, 5.74) is 3.22. The van der Waals surface area contributed by atoms with E-state index in [9.17, 15) is 0 Å². The first-order chi connectivity index (χ1) is 8.24. The average Bonchev–Trinajstić information content (AvgIpc) is 2.74. The fourth-order valence-electron chi connectivity index (χ4n) is 1.65. The van der Waals surface area contributed by atoms with E-state index in [-0.39, 0.29) is 0 Å². The van der Waals surface area contributed by atoms with Crippen LogP contribution in [0.15, 0.2) is 30.6 Å². The van der Waals surface area contributed by atoms with Crippen LogP contribution in [0.3, 0.4) is 0 Å². The molecule has 5 heteroatoms. The highest BCUT2D eigenvalue weighted by atomic mass is 35.5. The Morgan fingerprint density at radius 2 is 2.18 bits per heavy atom. The van der Waals surface area contributed by atoms with Gasteiger partial charge in [0.25, 0.3) is 0 Å². The number of aromatic nitrogens is 4. The first kappa shape index (κ1) is 10.2. The molecular formula is C12H9ClN4. The van der Waals surface area contributed by atoms with Gasteiger partial charge in [-0.15, -0.1) is 0 Å². The predicted molar refractivity (Wildman–Crippen MR) is 66.9 cm³/mol. The maximum absolute atomic E-state index is 6.02. The van der Waals surface area contributed by atoms with Crippen molar-refractivity contribution in [3.63, 3.8) is 0 Å². The van der Waals surface area contributed by atoms with Crippen LogP contribution in [0.25, 0.3) is 22.6 Å². The normalized spacial score (nSPS) is 10.9. The number of rotatable bonds is 1. The van der Waals surface area contributed by atoms with Crippen LogP contribution in [0.5, 0.6) is 0 Å². The maximum Gasteiger partial charge on any atom is 0.178 e. The number of aryl methyl sites for hydroxylation is 1. The Hall–Kier alpha value is -1.94. The molecule has 0 amide bonds. The lowest BCUT2D eigenvalue weighted by Crippen LogP contribution is -1.83. The van der Waals surface area contributed by atoms with E-state index in [1.54, 1.807) is 12.4 Å². The Balaban J connectivity index is 2.21. The molecule has 3 rings (SSSR count). The summed E-state index contributed by atoms with van der Waals surface area (Å²) >= 11 is 6.02. The fraction of sp³-hybridized carbons (Fsp3) is 0.0833. The topological polar surface area (TPSA) is 54.5 Å². The molecule has 4 nitrogen and oxygen atoms in total. The van der Waals surface area contributed by atoms with Gasteiger partial charge in [-0.3, -0.25) is 4.98 Å². The number of nitrogens with one attached hydrogen (secondary N) is 1. The standard InChI is InChI=1S/C12H9ClN4/c1-7-9(13)5-10-12(15-7)17-11(16-10)8-3-2-4-14-6-8/h2-6H,1H3,(H,15,16,17). The zero-order chi connectivity index (χ0) is 11.8. The largest absolute Gasteiger partial charge is 0.336 e. The maximum atomic E-state index is 6.02. The molecule has 0 radical (unpaired) electrons. The van der Waals surface area contributed by atoms with Crippen LogP contribution in [0, 0.1) is 6.92 Å². The summed E-state index contributed by atoms with van der Waals surface area (Å²) in [5, 5.41) is 0.638. The van der Waals surface area contributed by atoms with Crippen LogP contribution in [0.4, 0.5) is 0 Å². The van der Waals surface area contributed by atoms with Crippen molar-refractivity contribution in [3.05, 3.63) is 41.3 Å². The van der Waals surface area contributed by atoms with Crippen LogP contribution in [-0.4, -0.2) is 19.9 Å². The van der Waals surface area contributed by atoms with Gasteiger partial charge in [-0.1, -0.05) is 11.6 Å². The Kier molecular flexibility index (Phi) is 2.30. The van der Waals surface area contributed by atoms with Gasteiger partial charge in [0.15, 0.2) is 5.65 Å². The molecule has 3 aromatic rings. The van der Waals surface area contributed by atoms with E-state index in [0.29, 0.717) is 10.7 Å². The van der Waals surface area contributed by atoms with Crippen molar-refractivity contribution in [1.29, 1.82) is 0 Å². The van der Waals surface area contributed by atoms with Gasteiger partial charge < -0.3 is 4.98 Å². The molecule has 0 saturated carbocycles. The van der Waals surface area contributed by atoms with Gasteiger partial charge in [0.2, 0.25) is 0 Å². The number of halogens is 1. The fourth-order valence-corrected chi connectivity index (χ4v) is 1.80. The van der Waals surface area contributed by atoms with E-state index in [1.165, 1.54) is 0 Å². The van der Waals surface area contributed by atoms with Gasteiger partial charge in [0, 0.05) is 18.0 Å². The molecule has 0 aliphatic rings. The van der Waals surface area contributed by atoms with Crippen molar-refractivity contribution in [2.24, 2.45) is 0 Å². The number of H-pyrrole nitrogens is 1. The van der Waals surface area contributed by atoms with Crippen LogP contribution in [0.2, 0.25) is 5.02 Å². The van der Waals surface area contributed by atoms with Crippen molar-refractivity contribution >= 4 is 22.8 Å². The van der Waals surface area contributed by atoms with Gasteiger partial charge in [-0.05, 0) is 25.1 Å². The molecule has 0 unspecified atom stereocenters. The third-order valence-corrected chi connectivity index (χ3v) is 2.92. The summed E-state index contributed by atoms with van der Waals surface area (Å²) in [4.78, 5) is 16.0. The van der Waals surface area contributed by atoms with Gasteiger partial charge in [-0.2, -0.15) is 0 Å². The molecule has 0 aliphatic heterocycles. The summed E-state index contributed by atoms with van der Waals surface area (Å²) in [6.07, 6.45) is 3.48. The van der Waals surface area contributed by atoms with Gasteiger partial charge in [-0.25, -0.2) is 9.97 Å². The molecule has 0 aliphatic carbocycles. The van der Waals surface area contributed by atoms with E-state index in [2.05, 4.69) is 19.9 Å². The van der Waals surface area contributed by atoms with E-state index < -0.39 is 0 Å². The number of hydrogen-bond donors (Lipinski definition) is 1. The van der Waals surface area contributed by atoms with Gasteiger partial charge in [0.1, 0.15) is 5.82 Å². The minimum absolute atomic E-state index is 0.638. The minimum Gasteiger partial charge on any atom is -0.336 e. The summed E-state index contributed by atoms with van der Waals surface area (Å²) in [5.74, 6) is 0.752. The van der Waals surface area contributed by atoms with E-state index in [1.807, 2.05) is 25.1 Å². The van der Waals surface area contributed by atoms with Crippen molar-refractivity contribution in [2.75, 3.05) is 0 Å². The van der Waals surface area contributed by atoms with E-state index in [0.717, 1.165) is 22.6 Å². The molecule has 0 fully saturated rings. The molecule has 3 aromatic heterocycles. The van der Waals surface area contributed by atoms with Gasteiger partial charge in [0.05, 0.1) is 16.2 Å². The van der Waals surface area contributed by atoms with Crippen molar-refractivity contribution < 1.29 is 0 Å². The molecule has 1 N–H and O–H groups in total. The summed E-state index contributed by atoms with van der Waals surface area (Å²) in [6.45, 7) is 1.86. The smallest absolute Gasteiger partial charge is 0.178 e. The van der Waals surface area contributed by atoms with Crippen LogP contribution in [-0.2, 0) is 0 Å². The molecule has 84 valence electrons. The SMILES string of the molecule is Cc1nc2nc(-c3cccnc3)[nH]c2cc1Cl. The molecule has 0 aromatic carbocycles. The molecular weight excluding hydrogens is 236 g/mol. The third kappa shape index (κ3) is 1.76. The molecule has 0 atom stereocenters. The number of pyridine rings is 2. The number of hydrogen-bond acceptors (Lipinski definition) is 3. The Labute approximate surface area is 103 Å². The van der Waals surface area contributed by atoms with E-state index in [4.69, 9.17) is 11.6 Å². The minimum atomic E-state index is 0.638. The second-order valence-corrected chi connectivity index (χ2v) is 4.16. The first-order valence-electron chi connectivity index (χ1n) is 5.17. The predicted octanol–water partition coefficient (Wildman–Crippen LogP) is 2.98. The Morgan fingerprint density at radius 3 is 2.94 bits per heavy atom. The Morgan fingerprint density at radius 1 is 1.29 bits per heavy atom. The highest BCUT2D eigenvalue weighted by Crippen LogP contribution is 2.22. The number of imidazole rings is 1. The van der Waals surface area contributed by atoms with Crippen LogP contribution >= 0.6 is 11.6 Å². The number of fused-ring (bicyclic) bond motifs is 1. The Bertz CT molecular complexity index is 637. The molecule has 0 saturated heterocycles. The van der Waals surface area contributed by atoms with E-state index >= 15 is 0 Å². The lowest BCUT2D eigenvalue weighted by Gasteiger charge is -1.94. The van der Waals surface area contributed by atoms with Crippen molar-refractivity contribution in [1.82, 2.24) is 19.9 Å². The van der Waals surface area contributed by atoms with Crippen molar-refractivity contribution in [2.45, 2.75) is 6.92 Å². The second kappa shape index (κ2) is 3.82. The first-order valence-corrected chi connectivity index (χ1v) is 5.55. The number of nitrogens with zero attached hydrogens (tertiary/aromatic N) is 3. The molecule has 3 heterocycles. The van der Waals surface area contributed by atoms with Crippen molar-refractivity contribution in [3.8, 4) is 11.4 Å². The quantitative estimate of drug-likeness (QED) is 0.716. The van der Waals surface area contributed by atoms with Gasteiger partial charge >= 0.3 is 0 Å². The zero-order valence-electron chi connectivity index (χ0n) is 9.11. The summed E-state index contributed by atoms with van der Waals surface area (Å²) < 4.78 is 0. The lowest BCUT2D eigenvalue weighted by molar-refractivity contribution is 1.22. The highest BCUT2D eigenvalue weighted by molar-refractivity contribution is 6.31. The third-order valence-electron chi connectivity index (χ3n) is 2.54.